The lowest BCUT2D eigenvalue weighted by molar-refractivity contribution is 0.234. The molecule has 0 aromatic heterocycles. The van der Waals surface area contributed by atoms with Gasteiger partial charge in [-0.05, 0) is 20.3 Å². The predicted octanol–water partition coefficient (Wildman–Crippen LogP) is 1.78. The first-order chi connectivity index (χ1) is 6.66. The zero-order valence-corrected chi connectivity index (χ0v) is 9.52. The van der Waals surface area contributed by atoms with Gasteiger partial charge in [0.1, 0.15) is 0 Å². The Balaban J connectivity index is 3.18. The maximum Gasteiger partial charge on any atom is 0.329 e. The number of nitrogens with one attached hydrogen (secondary N) is 3. The highest BCUT2D eigenvalue weighted by molar-refractivity contribution is 5.73. The molecule has 0 aliphatic carbocycles. The van der Waals surface area contributed by atoms with Gasteiger partial charge in [-0.2, -0.15) is 0 Å². The molecule has 2 amide bonds. The highest BCUT2D eigenvalue weighted by Gasteiger charge is 1.98. The first kappa shape index (κ1) is 13.2. The summed E-state index contributed by atoms with van der Waals surface area (Å²) in [4.78, 5) is 11.1. The third-order valence-electron chi connectivity index (χ3n) is 1.79. The smallest absolute Gasteiger partial charge is 0.329 e. The van der Waals surface area contributed by atoms with E-state index in [1.54, 1.807) is 0 Å². The van der Waals surface area contributed by atoms with Crippen molar-refractivity contribution in [3.8, 4) is 0 Å². The van der Waals surface area contributed by atoms with Crippen molar-refractivity contribution in [2.75, 3.05) is 6.54 Å². The molecule has 0 bridgehead atoms. The molecule has 14 heavy (non-hydrogen) atoms. The van der Waals surface area contributed by atoms with Gasteiger partial charge in [0, 0.05) is 12.6 Å². The molecule has 0 heterocycles. The second-order valence-electron chi connectivity index (χ2n) is 3.74. The number of urea groups is 1. The Labute approximate surface area is 86.8 Å². The van der Waals surface area contributed by atoms with Gasteiger partial charge < -0.3 is 5.32 Å². The van der Waals surface area contributed by atoms with Crippen LogP contribution in [0.25, 0.3) is 0 Å². The van der Waals surface area contributed by atoms with E-state index in [-0.39, 0.29) is 12.1 Å². The molecule has 4 heteroatoms. The van der Waals surface area contributed by atoms with Gasteiger partial charge in [-0.3, -0.25) is 5.43 Å². The van der Waals surface area contributed by atoms with Crippen molar-refractivity contribution < 1.29 is 4.79 Å². The fourth-order valence-corrected chi connectivity index (χ4v) is 1.01. The lowest BCUT2D eigenvalue weighted by Gasteiger charge is -2.10. The van der Waals surface area contributed by atoms with Gasteiger partial charge in [0.15, 0.2) is 0 Å². The van der Waals surface area contributed by atoms with E-state index >= 15 is 0 Å². The Bertz CT molecular complexity index is 148. The van der Waals surface area contributed by atoms with E-state index in [1.807, 2.05) is 13.8 Å². The molecule has 0 fully saturated rings. The summed E-state index contributed by atoms with van der Waals surface area (Å²) >= 11 is 0. The Morgan fingerprint density at radius 2 is 1.93 bits per heavy atom. The number of hydrogen-bond acceptors (Lipinski definition) is 2. The minimum absolute atomic E-state index is 0.143. The second kappa shape index (κ2) is 8.81. The topological polar surface area (TPSA) is 53.2 Å². The SMILES string of the molecule is CCCCCCNC(=O)NNC(C)C. The zero-order chi connectivity index (χ0) is 10.8. The molecule has 0 saturated heterocycles. The number of carbonyl (C=O) groups excluding carboxylic acids is 1. The third kappa shape index (κ3) is 9.32. The van der Waals surface area contributed by atoms with Crippen LogP contribution in [0, 0.1) is 0 Å². The molecule has 0 unspecified atom stereocenters. The minimum atomic E-state index is -0.143. The quantitative estimate of drug-likeness (QED) is 0.434. The summed E-state index contributed by atoms with van der Waals surface area (Å²) in [5.41, 5.74) is 5.41. The molecule has 0 saturated carbocycles. The van der Waals surface area contributed by atoms with Crippen LogP contribution in [-0.4, -0.2) is 18.6 Å². The van der Waals surface area contributed by atoms with E-state index in [1.165, 1.54) is 19.3 Å². The molecule has 0 atom stereocenters. The average molecular weight is 201 g/mol. The molecule has 0 radical (unpaired) electrons. The van der Waals surface area contributed by atoms with Crippen molar-refractivity contribution in [3.63, 3.8) is 0 Å². The normalized spacial score (nSPS) is 10.3. The van der Waals surface area contributed by atoms with Crippen molar-refractivity contribution in [1.82, 2.24) is 16.2 Å². The maximum atomic E-state index is 11.1. The zero-order valence-electron chi connectivity index (χ0n) is 9.52. The highest BCUT2D eigenvalue weighted by Crippen LogP contribution is 1.96. The van der Waals surface area contributed by atoms with Crippen LogP contribution in [-0.2, 0) is 0 Å². The largest absolute Gasteiger partial charge is 0.337 e. The molecule has 3 N–H and O–H groups in total. The monoisotopic (exact) mass is 201 g/mol. The fourth-order valence-electron chi connectivity index (χ4n) is 1.01. The number of hydrogen-bond donors (Lipinski definition) is 3. The molecule has 0 spiro atoms. The van der Waals surface area contributed by atoms with Crippen molar-refractivity contribution in [1.29, 1.82) is 0 Å². The van der Waals surface area contributed by atoms with Gasteiger partial charge in [-0.1, -0.05) is 26.2 Å². The average Bonchev–Trinajstić information content (AvgIpc) is 2.14. The number of carbonyl (C=O) groups is 1. The van der Waals surface area contributed by atoms with Gasteiger partial charge in [0.05, 0.1) is 0 Å². The predicted molar refractivity (Wildman–Crippen MR) is 58.9 cm³/mol. The van der Waals surface area contributed by atoms with Crippen LogP contribution in [0.3, 0.4) is 0 Å². The van der Waals surface area contributed by atoms with E-state index < -0.39 is 0 Å². The fraction of sp³-hybridized carbons (Fsp3) is 0.900. The van der Waals surface area contributed by atoms with Crippen LogP contribution in [0.5, 0.6) is 0 Å². The van der Waals surface area contributed by atoms with Crippen molar-refractivity contribution in [3.05, 3.63) is 0 Å². The van der Waals surface area contributed by atoms with E-state index in [2.05, 4.69) is 23.1 Å². The van der Waals surface area contributed by atoms with Crippen LogP contribution in [0.4, 0.5) is 4.79 Å². The maximum absolute atomic E-state index is 11.1. The minimum Gasteiger partial charge on any atom is -0.337 e. The number of amides is 2. The summed E-state index contributed by atoms with van der Waals surface area (Å²) in [6.07, 6.45) is 4.71. The number of unbranched alkanes of at least 4 members (excludes halogenated alkanes) is 3. The molecule has 0 aliphatic rings. The summed E-state index contributed by atoms with van der Waals surface area (Å²) in [6, 6.07) is 0.121. The van der Waals surface area contributed by atoms with Crippen molar-refractivity contribution >= 4 is 6.03 Å². The molecule has 0 rings (SSSR count). The van der Waals surface area contributed by atoms with Crippen molar-refractivity contribution in [2.45, 2.75) is 52.5 Å². The van der Waals surface area contributed by atoms with E-state index in [0.29, 0.717) is 0 Å². The Morgan fingerprint density at radius 3 is 2.50 bits per heavy atom. The lowest BCUT2D eigenvalue weighted by Crippen LogP contribution is -2.47. The van der Waals surface area contributed by atoms with Crippen LogP contribution >= 0.6 is 0 Å². The lowest BCUT2D eigenvalue weighted by atomic mass is 10.2. The molecule has 0 aromatic rings. The van der Waals surface area contributed by atoms with Crippen LogP contribution < -0.4 is 16.2 Å². The second-order valence-corrected chi connectivity index (χ2v) is 3.74. The van der Waals surface area contributed by atoms with Crippen LogP contribution in [0.15, 0.2) is 0 Å². The molecular formula is C10H23N3O. The van der Waals surface area contributed by atoms with Crippen LogP contribution in [0.1, 0.15) is 46.5 Å². The van der Waals surface area contributed by atoms with E-state index in [9.17, 15) is 4.79 Å². The van der Waals surface area contributed by atoms with Gasteiger partial charge in [0.25, 0.3) is 0 Å². The first-order valence-electron chi connectivity index (χ1n) is 5.46. The van der Waals surface area contributed by atoms with Gasteiger partial charge in [-0.25, -0.2) is 10.2 Å². The summed E-state index contributed by atoms with van der Waals surface area (Å²) in [5.74, 6) is 0. The molecule has 0 aliphatic heterocycles. The number of hydrazine groups is 1. The standard InChI is InChI=1S/C10H23N3O/c1-4-5-6-7-8-11-10(14)13-12-9(2)3/h9,12H,4-8H2,1-3H3,(H2,11,13,14). The van der Waals surface area contributed by atoms with Gasteiger partial charge in [-0.15, -0.1) is 0 Å². The van der Waals surface area contributed by atoms with Crippen LogP contribution in [0.2, 0.25) is 0 Å². The van der Waals surface area contributed by atoms with Gasteiger partial charge >= 0.3 is 6.03 Å². The summed E-state index contributed by atoms with van der Waals surface area (Å²) < 4.78 is 0. The molecule has 84 valence electrons. The first-order valence-corrected chi connectivity index (χ1v) is 5.46. The Hall–Kier alpha value is -0.770. The third-order valence-corrected chi connectivity index (χ3v) is 1.79. The summed E-state index contributed by atoms with van der Waals surface area (Å²) in [7, 11) is 0. The van der Waals surface area contributed by atoms with Gasteiger partial charge in [0.2, 0.25) is 0 Å². The van der Waals surface area contributed by atoms with E-state index in [0.717, 1.165) is 13.0 Å². The molecule has 0 aromatic carbocycles. The Morgan fingerprint density at radius 1 is 1.21 bits per heavy atom. The highest BCUT2D eigenvalue weighted by atomic mass is 16.2. The Kier molecular flexibility index (Phi) is 8.33. The molecular weight excluding hydrogens is 178 g/mol. The van der Waals surface area contributed by atoms with E-state index in [4.69, 9.17) is 0 Å². The number of rotatable bonds is 7. The summed E-state index contributed by atoms with van der Waals surface area (Å²) in [5, 5.41) is 2.78. The molecule has 4 nitrogen and oxygen atoms in total. The summed E-state index contributed by atoms with van der Waals surface area (Å²) in [6.45, 7) is 6.88. The van der Waals surface area contributed by atoms with Crippen molar-refractivity contribution in [2.24, 2.45) is 0 Å².